The van der Waals surface area contributed by atoms with Crippen molar-refractivity contribution in [2.75, 3.05) is 6.26 Å². The van der Waals surface area contributed by atoms with Crippen molar-refractivity contribution < 1.29 is 4.55 Å². The number of hydrogen-bond acceptors (Lipinski definition) is 2. The third-order valence-electron chi connectivity index (χ3n) is 1.50. The van der Waals surface area contributed by atoms with E-state index in [2.05, 4.69) is 0 Å². The first-order valence-electron chi connectivity index (χ1n) is 3.35. The lowest BCUT2D eigenvalue weighted by Crippen LogP contribution is -2.07. The van der Waals surface area contributed by atoms with Crippen molar-refractivity contribution in [3.05, 3.63) is 29.8 Å². The maximum Gasteiger partial charge on any atom is 0.0254 e. The number of aryl methyl sites for hydroxylation is 1. The molecule has 1 rings (SSSR count). The Morgan fingerprint density at radius 3 is 2.09 bits per heavy atom. The lowest BCUT2D eigenvalue weighted by atomic mass is 10.2. The summed E-state index contributed by atoms with van der Waals surface area (Å²) in [6.45, 7) is 2.00. The monoisotopic (exact) mass is 171 g/mol. The average Bonchev–Trinajstić information content (AvgIpc) is 1.86. The van der Waals surface area contributed by atoms with Gasteiger partial charge in [-0.3, -0.25) is 5.14 Å². The summed E-state index contributed by atoms with van der Waals surface area (Å²) in [4.78, 5) is 0.822. The summed E-state index contributed by atoms with van der Waals surface area (Å²) >= 11 is 0. The fourth-order valence-electron chi connectivity index (χ4n) is 0.814. The van der Waals surface area contributed by atoms with Crippen molar-refractivity contribution in [2.45, 2.75) is 11.8 Å². The van der Waals surface area contributed by atoms with Gasteiger partial charge in [0.1, 0.15) is 0 Å². The van der Waals surface area contributed by atoms with E-state index >= 15 is 0 Å². The van der Waals surface area contributed by atoms with Gasteiger partial charge >= 0.3 is 0 Å². The second kappa shape index (κ2) is 2.85. The van der Waals surface area contributed by atoms with Gasteiger partial charge in [0.15, 0.2) is 0 Å². The highest BCUT2D eigenvalue weighted by atomic mass is 32.3. The number of benzene rings is 1. The Balaban J connectivity index is 2.99. The third kappa shape index (κ3) is 2.22. The normalized spacial score (nSPS) is 18.9. The Kier molecular flexibility index (Phi) is 2.23. The maximum absolute atomic E-state index is 9.44. The first-order valence-corrected chi connectivity index (χ1v) is 5.41. The van der Waals surface area contributed by atoms with Crippen molar-refractivity contribution >= 4 is 10.5 Å². The topological polar surface area (TPSA) is 46.2 Å². The van der Waals surface area contributed by atoms with Gasteiger partial charge in [-0.2, -0.15) is 0 Å². The van der Waals surface area contributed by atoms with Crippen LogP contribution in [0.3, 0.4) is 0 Å². The van der Waals surface area contributed by atoms with E-state index in [1.165, 1.54) is 5.56 Å². The van der Waals surface area contributed by atoms with Crippen LogP contribution in [0.2, 0.25) is 0 Å². The smallest absolute Gasteiger partial charge is 0.0254 e. The van der Waals surface area contributed by atoms with E-state index < -0.39 is 10.5 Å². The molecule has 0 amide bonds. The molecule has 0 bridgehead atoms. The summed E-state index contributed by atoms with van der Waals surface area (Å²) in [6, 6.07) is 7.63. The van der Waals surface area contributed by atoms with Crippen LogP contribution in [0.15, 0.2) is 29.2 Å². The first kappa shape index (κ1) is 8.59. The summed E-state index contributed by atoms with van der Waals surface area (Å²) in [6.07, 6.45) is 1.65. The molecule has 1 aromatic carbocycles. The Bertz CT molecular complexity index is 237. The van der Waals surface area contributed by atoms with Crippen LogP contribution in [0.25, 0.3) is 0 Å². The molecule has 0 aliphatic heterocycles. The molecule has 2 nitrogen and oxygen atoms in total. The molecule has 0 heterocycles. The predicted octanol–water partition coefficient (Wildman–Crippen LogP) is 2.14. The van der Waals surface area contributed by atoms with Crippen molar-refractivity contribution in [3.8, 4) is 0 Å². The minimum Gasteiger partial charge on any atom is -0.334 e. The first-order chi connectivity index (χ1) is 5.00. The van der Waals surface area contributed by atoms with E-state index in [4.69, 9.17) is 5.14 Å². The van der Waals surface area contributed by atoms with Crippen LogP contribution in [0, 0.1) is 6.92 Å². The molecule has 0 saturated carbocycles. The van der Waals surface area contributed by atoms with Crippen LogP contribution in [0.4, 0.5) is 0 Å². The zero-order valence-electron chi connectivity index (χ0n) is 6.74. The molecule has 3 N–H and O–H groups in total. The second-order valence-corrected chi connectivity index (χ2v) is 5.10. The molecule has 0 spiro atoms. The van der Waals surface area contributed by atoms with Gasteiger partial charge in [-0.05, 0) is 19.1 Å². The molecule has 0 aliphatic rings. The Hall–Kier alpha value is -0.510. The summed E-state index contributed by atoms with van der Waals surface area (Å²) in [5.74, 6) is 0. The zero-order valence-corrected chi connectivity index (χ0v) is 7.56. The molecule has 0 radical (unpaired) electrons. The average molecular weight is 171 g/mol. The van der Waals surface area contributed by atoms with Crippen molar-refractivity contribution in [1.82, 2.24) is 0 Å². The molecule has 1 unspecified atom stereocenters. The third-order valence-corrected chi connectivity index (χ3v) is 2.72. The maximum atomic E-state index is 9.44. The van der Waals surface area contributed by atoms with Crippen LogP contribution in [-0.2, 0) is 0 Å². The summed E-state index contributed by atoms with van der Waals surface area (Å²) < 4.78 is 9.44. The molecule has 0 saturated heterocycles. The lowest BCUT2D eigenvalue weighted by molar-refractivity contribution is 0.632. The van der Waals surface area contributed by atoms with Crippen LogP contribution in [0.5, 0.6) is 0 Å². The molecule has 1 aromatic rings. The van der Waals surface area contributed by atoms with Crippen LogP contribution in [-0.4, -0.2) is 10.8 Å². The highest BCUT2D eigenvalue weighted by Gasteiger charge is 2.08. The van der Waals surface area contributed by atoms with Gasteiger partial charge in [-0.25, -0.2) is 0 Å². The van der Waals surface area contributed by atoms with E-state index in [-0.39, 0.29) is 0 Å². The molecule has 0 fully saturated rings. The van der Waals surface area contributed by atoms with E-state index in [0.717, 1.165) is 4.90 Å². The molecule has 1 atom stereocenters. The van der Waals surface area contributed by atoms with Gasteiger partial charge in [0, 0.05) is 11.2 Å². The molecule has 0 aromatic heterocycles. The van der Waals surface area contributed by atoms with E-state index in [0.29, 0.717) is 0 Å². The highest BCUT2D eigenvalue weighted by molar-refractivity contribution is 8.26. The summed E-state index contributed by atoms with van der Waals surface area (Å²) in [5.41, 5.74) is 1.18. The highest BCUT2D eigenvalue weighted by Crippen LogP contribution is 2.39. The second-order valence-electron chi connectivity index (χ2n) is 2.75. The lowest BCUT2D eigenvalue weighted by Gasteiger charge is -2.23. The molecule has 62 valence electrons. The van der Waals surface area contributed by atoms with Crippen LogP contribution >= 0.6 is 10.5 Å². The molecule has 11 heavy (non-hydrogen) atoms. The van der Waals surface area contributed by atoms with Gasteiger partial charge < -0.3 is 4.55 Å². The molecular weight excluding hydrogens is 158 g/mol. The van der Waals surface area contributed by atoms with Crippen molar-refractivity contribution in [2.24, 2.45) is 5.14 Å². The van der Waals surface area contributed by atoms with Crippen molar-refractivity contribution in [3.63, 3.8) is 0 Å². The summed E-state index contributed by atoms with van der Waals surface area (Å²) in [7, 11) is -2.02. The van der Waals surface area contributed by atoms with Crippen molar-refractivity contribution in [1.29, 1.82) is 0 Å². The largest absolute Gasteiger partial charge is 0.334 e. The van der Waals surface area contributed by atoms with E-state index in [1.54, 1.807) is 6.26 Å². The Labute approximate surface area is 68.7 Å². The van der Waals surface area contributed by atoms with Gasteiger partial charge in [-0.15, -0.1) is 0 Å². The minimum atomic E-state index is -2.02. The quantitative estimate of drug-likeness (QED) is 0.680. The van der Waals surface area contributed by atoms with E-state index in [1.807, 2.05) is 31.2 Å². The minimum absolute atomic E-state index is 0.822. The molecule has 3 heteroatoms. The fraction of sp³-hybridized carbons (Fsp3) is 0.250. The van der Waals surface area contributed by atoms with Gasteiger partial charge in [0.25, 0.3) is 0 Å². The standard InChI is InChI=1S/C8H13NOS/c1-7-3-5-8(6-4-7)11(2,9)10/h3-6,10H,9H2,1-2H3. The van der Waals surface area contributed by atoms with Gasteiger partial charge in [-0.1, -0.05) is 28.2 Å². The van der Waals surface area contributed by atoms with Crippen LogP contribution < -0.4 is 5.14 Å². The zero-order chi connectivity index (χ0) is 8.48. The molecule has 0 aliphatic carbocycles. The van der Waals surface area contributed by atoms with Crippen LogP contribution in [0.1, 0.15) is 5.56 Å². The van der Waals surface area contributed by atoms with Gasteiger partial charge in [0.2, 0.25) is 0 Å². The Morgan fingerprint density at radius 1 is 1.27 bits per heavy atom. The number of hydrogen-bond donors (Lipinski definition) is 2. The summed E-state index contributed by atoms with van der Waals surface area (Å²) in [5, 5.41) is 5.55. The number of rotatable bonds is 1. The Morgan fingerprint density at radius 2 is 1.73 bits per heavy atom. The predicted molar refractivity (Wildman–Crippen MR) is 49.8 cm³/mol. The van der Waals surface area contributed by atoms with E-state index in [9.17, 15) is 4.55 Å². The van der Waals surface area contributed by atoms with Gasteiger partial charge in [0.05, 0.1) is 0 Å². The fourth-order valence-corrected chi connectivity index (χ4v) is 1.50. The number of nitrogens with two attached hydrogens (primary N) is 1. The SMILES string of the molecule is Cc1ccc(S(C)(N)O)cc1. The molecular formula is C8H13NOS.